The summed E-state index contributed by atoms with van der Waals surface area (Å²) in [6.45, 7) is 2.79. The second-order valence-corrected chi connectivity index (χ2v) is 6.79. The molecular formula is C22H24N2O4. The van der Waals surface area contributed by atoms with Gasteiger partial charge in [0.15, 0.2) is 6.29 Å². The Labute approximate surface area is 164 Å². The summed E-state index contributed by atoms with van der Waals surface area (Å²) in [7, 11) is 0. The van der Waals surface area contributed by atoms with Gasteiger partial charge in [-0.15, -0.1) is 0 Å². The summed E-state index contributed by atoms with van der Waals surface area (Å²) in [6, 6.07) is 13.1. The van der Waals surface area contributed by atoms with Crippen molar-refractivity contribution in [3.8, 4) is 5.75 Å². The highest BCUT2D eigenvalue weighted by atomic mass is 16.5. The number of imide groups is 1. The molecule has 2 aromatic rings. The van der Waals surface area contributed by atoms with Gasteiger partial charge in [-0.25, -0.2) is 0 Å². The Morgan fingerprint density at radius 1 is 1.14 bits per heavy atom. The molecule has 28 heavy (non-hydrogen) atoms. The maximum atomic E-state index is 11.9. The fourth-order valence-corrected chi connectivity index (χ4v) is 3.16. The van der Waals surface area contributed by atoms with Crippen LogP contribution in [-0.2, 0) is 29.2 Å². The maximum absolute atomic E-state index is 11.9. The molecule has 0 bridgehead atoms. The molecule has 146 valence electrons. The van der Waals surface area contributed by atoms with Crippen LogP contribution in [0, 0.1) is 0 Å². The minimum atomic E-state index is -0.466. The first-order valence-electron chi connectivity index (χ1n) is 9.45. The van der Waals surface area contributed by atoms with Crippen LogP contribution in [0.2, 0.25) is 0 Å². The van der Waals surface area contributed by atoms with Crippen LogP contribution in [0.3, 0.4) is 0 Å². The van der Waals surface area contributed by atoms with Crippen LogP contribution in [-0.4, -0.2) is 24.1 Å². The summed E-state index contributed by atoms with van der Waals surface area (Å²) in [4.78, 5) is 34.7. The summed E-state index contributed by atoms with van der Waals surface area (Å²) in [5.41, 5.74) is 3.52. The van der Waals surface area contributed by atoms with Gasteiger partial charge in [-0.05, 0) is 30.0 Å². The number of aryl methyl sites for hydroxylation is 1. The number of amides is 2. The van der Waals surface area contributed by atoms with Gasteiger partial charge in [-0.2, -0.15) is 0 Å². The molecule has 1 atom stereocenters. The van der Waals surface area contributed by atoms with Gasteiger partial charge in [0.1, 0.15) is 12.4 Å². The van der Waals surface area contributed by atoms with E-state index in [1.165, 1.54) is 5.56 Å². The highest BCUT2D eigenvalue weighted by molar-refractivity contribution is 6.00. The molecule has 0 aromatic heterocycles. The van der Waals surface area contributed by atoms with E-state index in [9.17, 15) is 14.4 Å². The molecule has 2 amide bonds. The van der Waals surface area contributed by atoms with Gasteiger partial charge in [-0.1, -0.05) is 43.3 Å². The average Bonchev–Trinajstić information content (AvgIpc) is 2.72. The monoisotopic (exact) mass is 380 g/mol. The molecule has 0 saturated carbocycles. The summed E-state index contributed by atoms with van der Waals surface area (Å²) >= 11 is 0. The first kappa shape index (κ1) is 19.8. The normalized spacial score (nSPS) is 16.5. The number of aldehydes is 1. The van der Waals surface area contributed by atoms with Gasteiger partial charge in [0.05, 0.1) is 6.04 Å². The topological polar surface area (TPSA) is 84.5 Å². The van der Waals surface area contributed by atoms with E-state index < -0.39 is 6.04 Å². The maximum Gasteiger partial charge on any atom is 0.243 e. The van der Waals surface area contributed by atoms with Crippen LogP contribution < -0.4 is 15.4 Å². The van der Waals surface area contributed by atoms with Crippen molar-refractivity contribution in [3.63, 3.8) is 0 Å². The second kappa shape index (κ2) is 9.28. The largest absolute Gasteiger partial charge is 0.489 e. The van der Waals surface area contributed by atoms with Crippen molar-refractivity contribution in [2.24, 2.45) is 0 Å². The average molecular weight is 380 g/mol. The lowest BCUT2D eigenvalue weighted by Crippen LogP contribution is -2.50. The molecule has 0 aliphatic carbocycles. The molecule has 1 unspecified atom stereocenters. The van der Waals surface area contributed by atoms with Gasteiger partial charge >= 0.3 is 0 Å². The molecule has 1 heterocycles. The van der Waals surface area contributed by atoms with Crippen LogP contribution in [0.25, 0.3) is 0 Å². The quantitative estimate of drug-likeness (QED) is 0.543. The molecule has 1 saturated heterocycles. The number of rotatable bonds is 8. The van der Waals surface area contributed by atoms with Crippen molar-refractivity contribution in [2.75, 3.05) is 0 Å². The lowest BCUT2D eigenvalue weighted by molar-refractivity contribution is -0.134. The molecule has 1 aliphatic heterocycles. The van der Waals surface area contributed by atoms with E-state index in [4.69, 9.17) is 4.74 Å². The number of hydrogen-bond donors (Lipinski definition) is 2. The summed E-state index contributed by atoms with van der Waals surface area (Å²) in [5.74, 6) is 0.0109. The number of hydrogen-bond acceptors (Lipinski definition) is 5. The van der Waals surface area contributed by atoms with E-state index >= 15 is 0 Å². The summed E-state index contributed by atoms with van der Waals surface area (Å²) in [6.07, 6.45) is 2.51. The van der Waals surface area contributed by atoms with Crippen molar-refractivity contribution in [2.45, 2.75) is 45.4 Å². The fourth-order valence-electron chi connectivity index (χ4n) is 3.16. The molecule has 6 nitrogen and oxygen atoms in total. The zero-order valence-corrected chi connectivity index (χ0v) is 15.9. The van der Waals surface area contributed by atoms with Gasteiger partial charge < -0.3 is 10.1 Å². The molecule has 0 radical (unpaired) electrons. The Kier molecular flexibility index (Phi) is 6.55. The summed E-state index contributed by atoms with van der Waals surface area (Å²) < 4.78 is 5.97. The second-order valence-electron chi connectivity index (χ2n) is 6.79. The van der Waals surface area contributed by atoms with E-state index in [0.29, 0.717) is 42.9 Å². The van der Waals surface area contributed by atoms with Gasteiger partial charge in [0.2, 0.25) is 11.8 Å². The van der Waals surface area contributed by atoms with E-state index in [1.807, 2.05) is 18.2 Å². The van der Waals surface area contributed by atoms with Crippen molar-refractivity contribution in [1.82, 2.24) is 10.6 Å². The van der Waals surface area contributed by atoms with E-state index in [-0.39, 0.29) is 11.8 Å². The van der Waals surface area contributed by atoms with Gasteiger partial charge in [0.25, 0.3) is 0 Å². The molecule has 3 rings (SSSR count). The first-order chi connectivity index (χ1) is 13.6. The zero-order valence-electron chi connectivity index (χ0n) is 15.9. The Morgan fingerprint density at radius 2 is 1.89 bits per heavy atom. The fraction of sp³-hybridized carbons (Fsp3) is 0.318. The van der Waals surface area contributed by atoms with Crippen LogP contribution >= 0.6 is 0 Å². The molecule has 2 aromatic carbocycles. The van der Waals surface area contributed by atoms with Crippen molar-refractivity contribution < 1.29 is 19.1 Å². The first-order valence-corrected chi connectivity index (χ1v) is 9.45. The van der Waals surface area contributed by atoms with E-state index in [0.717, 1.165) is 18.3 Å². The highest BCUT2D eigenvalue weighted by Gasteiger charge is 2.26. The Hall–Kier alpha value is -2.99. The lowest BCUT2D eigenvalue weighted by Gasteiger charge is -2.23. The predicted octanol–water partition coefficient (Wildman–Crippen LogP) is 2.54. The third kappa shape index (κ3) is 4.84. The van der Waals surface area contributed by atoms with Crippen LogP contribution in [0.4, 0.5) is 0 Å². The van der Waals surface area contributed by atoms with E-state index in [1.54, 1.807) is 12.1 Å². The predicted molar refractivity (Wildman–Crippen MR) is 105 cm³/mol. The number of nitrogens with one attached hydrogen (secondary N) is 2. The lowest BCUT2D eigenvalue weighted by atomic mass is 10.0. The minimum Gasteiger partial charge on any atom is -0.489 e. The van der Waals surface area contributed by atoms with Crippen molar-refractivity contribution >= 4 is 18.1 Å². The highest BCUT2D eigenvalue weighted by Crippen LogP contribution is 2.23. The van der Waals surface area contributed by atoms with Gasteiger partial charge in [-0.3, -0.25) is 19.7 Å². The Morgan fingerprint density at radius 3 is 2.57 bits per heavy atom. The molecular weight excluding hydrogens is 356 g/mol. The Balaban J connectivity index is 1.70. The summed E-state index contributed by atoms with van der Waals surface area (Å²) in [5, 5.41) is 5.46. The SMILES string of the molecule is CCc1ccc(COc2cccc(C=O)c2CNC2CCC(=O)NC2=O)cc1. The van der Waals surface area contributed by atoms with Crippen molar-refractivity contribution in [3.05, 3.63) is 64.7 Å². The standard InChI is InChI=1S/C22H24N2O4/c1-2-15-6-8-16(9-7-15)14-28-20-5-3-4-17(13-25)18(20)12-23-19-10-11-21(26)24-22(19)27/h3-9,13,19,23H,2,10-12,14H2,1H3,(H,24,26,27). The van der Waals surface area contributed by atoms with Crippen LogP contribution in [0.15, 0.2) is 42.5 Å². The third-order valence-corrected chi connectivity index (χ3v) is 4.89. The van der Waals surface area contributed by atoms with E-state index in [2.05, 4.69) is 29.7 Å². The smallest absolute Gasteiger partial charge is 0.243 e. The number of carbonyl (C=O) groups is 3. The molecule has 1 fully saturated rings. The number of piperidine rings is 1. The molecule has 6 heteroatoms. The zero-order chi connectivity index (χ0) is 19.9. The van der Waals surface area contributed by atoms with Crippen LogP contribution in [0.1, 0.15) is 46.8 Å². The minimum absolute atomic E-state index is 0.255. The molecule has 0 spiro atoms. The van der Waals surface area contributed by atoms with Crippen molar-refractivity contribution in [1.29, 1.82) is 0 Å². The Bertz CT molecular complexity index is 861. The number of benzene rings is 2. The number of ether oxygens (including phenoxy) is 1. The third-order valence-electron chi connectivity index (χ3n) is 4.89. The number of carbonyl (C=O) groups excluding carboxylic acids is 3. The molecule has 1 aliphatic rings. The van der Waals surface area contributed by atoms with Crippen LogP contribution in [0.5, 0.6) is 5.75 Å². The van der Waals surface area contributed by atoms with Gasteiger partial charge in [0, 0.05) is 24.1 Å². The molecule has 2 N–H and O–H groups in total.